The van der Waals surface area contributed by atoms with Crippen LogP contribution in [-0.4, -0.2) is 16.0 Å². The van der Waals surface area contributed by atoms with Crippen LogP contribution in [0.3, 0.4) is 0 Å². The van der Waals surface area contributed by atoms with Crippen molar-refractivity contribution in [3.05, 3.63) is 29.3 Å². The highest BCUT2D eigenvalue weighted by Gasteiger charge is 2.23. The lowest BCUT2D eigenvalue weighted by Gasteiger charge is -2.18. The van der Waals surface area contributed by atoms with Gasteiger partial charge in [0.05, 0.1) is 6.61 Å². The Hall–Kier alpha value is 0.284. The van der Waals surface area contributed by atoms with Gasteiger partial charge < -0.3 is 8.85 Å². The van der Waals surface area contributed by atoms with Gasteiger partial charge in [-0.1, -0.05) is 6.07 Å². The maximum Gasteiger partial charge on any atom is 0.366 e. The van der Waals surface area contributed by atoms with E-state index in [0.29, 0.717) is 12.7 Å². The minimum atomic E-state index is -2.47. The Morgan fingerprint density at radius 2 is 2.12 bits per heavy atom. The third kappa shape index (κ3) is 4.46. The van der Waals surface area contributed by atoms with E-state index < -0.39 is 16.0 Å². The second-order valence-electron chi connectivity index (χ2n) is 4.02. The molecule has 94 valence electrons. The van der Waals surface area contributed by atoms with E-state index in [1.165, 1.54) is 5.56 Å². The fraction of sp³-hybridized carbons (Fsp3) is 0.400. The highest BCUT2D eigenvalue weighted by Crippen LogP contribution is 2.28. The van der Waals surface area contributed by atoms with Gasteiger partial charge >= 0.3 is 16.0 Å². The molecule has 0 saturated heterocycles. The molecule has 2 rings (SSSR count). The van der Waals surface area contributed by atoms with Crippen molar-refractivity contribution in [2.75, 3.05) is 0 Å². The first kappa shape index (κ1) is 13.7. The average Bonchev–Trinajstić information content (AvgIpc) is 2.27. The molecule has 0 unspecified atom stereocenters. The average molecular weight is 328 g/mol. The number of halogens is 3. The Balaban J connectivity index is 1.93. The first-order valence-electron chi connectivity index (χ1n) is 5.44. The Morgan fingerprint density at radius 1 is 1.29 bits per heavy atom. The second-order valence-corrected chi connectivity index (χ2v) is 14.2. The third-order valence-electron chi connectivity index (χ3n) is 2.61. The van der Waals surface area contributed by atoms with Crippen LogP contribution in [0.1, 0.15) is 17.5 Å². The van der Waals surface area contributed by atoms with Crippen molar-refractivity contribution in [2.24, 2.45) is 0 Å². The van der Waals surface area contributed by atoms with Crippen LogP contribution in [0.15, 0.2) is 18.2 Å². The fourth-order valence-corrected chi connectivity index (χ4v) is 4.37. The van der Waals surface area contributed by atoms with Gasteiger partial charge in [0.2, 0.25) is 0 Å². The monoisotopic (exact) mass is 326 g/mol. The molecule has 0 bridgehead atoms. The number of fused-ring (bicyclic) bond motifs is 1. The van der Waals surface area contributed by atoms with E-state index in [9.17, 15) is 0 Å². The lowest BCUT2D eigenvalue weighted by atomic mass is 10.1. The Labute approximate surface area is 118 Å². The van der Waals surface area contributed by atoms with Gasteiger partial charge in [0.1, 0.15) is 5.75 Å². The van der Waals surface area contributed by atoms with Crippen molar-refractivity contribution in [3.63, 3.8) is 0 Å². The predicted molar refractivity (Wildman–Crippen MR) is 76.8 cm³/mol. The van der Waals surface area contributed by atoms with Crippen LogP contribution in [0.5, 0.6) is 5.75 Å². The summed E-state index contributed by atoms with van der Waals surface area (Å²) in [7, 11) is -0.794. The van der Waals surface area contributed by atoms with E-state index in [-0.39, 0.29) is 0 Å². The number of hydrogen-bond donors (Lipinski definition) is 0. The summed E-state index contributed by atoms with van der Waals surface area (Å²) in [6, 6.07) is 4.47. The highest BCUT2D eigenvalue weighted by atomic mass is 35.8. The Kier molecular flexibility index (Phi) is 4.80. The predicted octanol–water partition coefficient (Wildman–Crippen LogP) is 3.18. The van der Waals surface area contributed by atoms with E-state index in [2.05, 4.69) is 12.1 Å². The van der Waals surface area contributed by atoms with E-state index in [4.69, 9.17) is 42.1 Å². The zero-order chi connectivity index (χ0) is 12.3. The lowest BCUT2D eigenvalue weighted by molar-refractivity contribution is 0.252. The van der Waals surface area contributed by atoms with E-state index in [1.807, 2.05) is 6.07 Å². The molecule has 0 aliphatic carbocycles. The first-order valence-corrected chi connectivity index (χ1v) is 11.8. The van der Waals surface area contributed by atoms with Crippen molar-refractivity contribution in [2.45, 2.75) is 25.5 Å². The van der Waals surface area contributed by atoms with Crippen LogP contribution in [0.25, 0.3) is 0 Å². The quantitative estimate of drug-likeness (QED) is 0.624. The topological polar surface area (TPSA) is 18.5 Å². The molecule has 7 heteroatoms. The summed E-state index contributed by atoms with van der Waals surface area (Å²) in [4.78, 5) is 0. The lowest BCUT2D eigenvalue weighted by Crippen LogP contribution is -2.15. The second kappa shape index (κ2) is 5.95. The first-order chi connectivity index (χ1) is 8.04. The Morgan fingerprint density at radius 3 is 2.88 bits per heavy atom. The maximum atomic E-state index is 5.85. The highest BCUT2D eigenvalue weighted by molar-refractivity contribution is 7.64. The van der Waals surface area contributed by atoms with Crippen molar-refractivity contribution in [3.8, 4) is 5.75 Å². The molecule has 0 saturated carbocycles. The van der Waals surface area contributed by atoms with Crippen LogP contribution >= 0.6 is 33.2 Å². The summed E-state index contributed by atoms with van der Waals surface area (Å²) in [6.07, 6.45) is 1.85. The van der Waals surface area contributed by atoms with Gasteiger partial charge in [-0.15, -0.1) is 33.2 Å². The molecule has 0 fully saturated rings. The summed E-state index contributed by atoms with van der Waals surface area (Å²) in [5.41, 5.74) is 2.38. The largest absolute Gasteiger partial charge is 0.524 e. The van der Waals surface area contributed by atoms with E-state index in [0.717, 1.165) is 24.2 Å². The maximum absolute atomic E-state index is 5.85. The molecule has 0 spiro atoms. The van der Waals surface area contributed by atoms with E-state index >= 15 is 0 Å². The van der Waals surface area contributed by atoms with Crippen LogP contribution in [0, 0.1) is 0 Å². The number of benzene rings is 1. The van der Waals surface area contributed by atoms with Crippen molar-refractivity contribution >= 4 is 49.2 Å². The summed E-state index contributed by atoms with van der Waals surface area (Å²) in [5, 5.41) is 0. The molecule has 0 N–H and O–H groups in total. The van der Waals surface area contributed by atoms with Gasteiger partial charge in [-0.3, -0.25) is 0 Å². The molecule has 2 nitrogen and oxygen atoms in total. The van der Waals surface area contributed by atoms with Gasteiger partial charge in [-0.25, -0.2) is 0 Å². The summed E-state index contributed by atoms with van der Waals surface area (Å²) in [6.45, 7) is 0.675. The Bertz CT molecular complexity index is 396. The normalized spacial score (nSPS) is 16.6. The molecule has 1 aromatic carbocycles. The van der Waals surface area contributed by atoms with Gasteiger partial charge in [0.15, 0.2) is 0 Å². The molecule has 17 heavy (non-hydrogen) atoms. The van der Waals surface area contributed by atoms with Crippen molar-refractivity contribution in [1.82, 2.24) is 0 Å². The fourth-order valence-electron chi connectivity index (χ4n) is 1.79. The van der Waals surface area contributed by atoms with Crippen LogP contribution < -0.4 is 4.43 Å². The molecule has 1 aliphatic rings. The minimum Gasteiger partial charge on any atom is -0.524 e. The van der Waals surface area contributed by atoms with Gasteiger partial charge in [-0.2, -0.15) is 0 Å². The summed E-state index contributed by atoms with van der Waals surface area (Å²) < 4.78 is 10.9. The molecular weight excluding hydrogens is 315 g/mol. The molecule has 1 heterocycles. The van der Waals surface area contributed by atoms with Gasteiger partial charge in [-0.05, 0) is 36.6 Å². The standard InChI is InChI=1S/C10H13Cl3O2Si2/c11-17(12,13)5-1-2-8-3-4-10-9(6-8)7-14-16-15-10/h3-4,6H,1-2,5,7,16H2. The van der Waals surface area contributed by atoms with Gasteiger partial charge in [0, 0.05) is 5.56 Å². The third-order valence-corrected chi connectivity index (χ3v) is 6.03. The SMILES string of the molecule is Cl[Si](Cl)(Cl)CCCc1ccc2c(c1)CO[SiH2]O2. The molecule has 0 amide bonds. The zero-order valence-electron chi connectivity index (χ0n) is 9.22. The molecule has 0 aromatic heterocycles. The molecule has 0 atom stereocenters. The number of aryl methyl sites for hydroxylation is 1. The van der Waals surface area contributed by atoms with Crippen LogP contribution in [-0.2, 0) is 17.5 Å². The molecule has 1 aromatic rings. The summed E-state index contributed by atoms with van der Waals surface area (Å²) >= 11 is 17.5. The van der Waals surface area contributed by atoms with Crippen LogP contribution in [0.2, 0.25) is 6.04 Å². The zero-order valence-corrected chi connectivity index (χ0v) is 13.9. The summed E-state index contributed by atoms with van der Waals surface area (Å²) in [5.74, 6) is 0.974. The van der Waals surface area contributed by atoms with Crippen molar-refractivity contribution < 1.29 is 8.85 Å². The van der Waals surface area contributed by atoms with Crippen LogP contribution in [0.4, 0.5) is 0 Å². The number of hydrogen-bond acceptors (Lipinski definition) is 2. The number of rotatable bonds is 4. The van der Waals surface area contributed by atoms with Gasteiger partial charge in [0.25, 0.3) is 0 Å². The van der Waals surface area contributed by atoms with E-state index in [1.54, 1.807) is 0 Å². The van der Waals surface area contributed by atoms with Crippen molar-refractivity contribution in [1.29, 1.82) is 0 Å². The minimum absolute atomic E-state index is 0.675. The molecule has 1 aliphatic heterocycles. The smallest absolute Gasteiger partial charge is 0.366 e. The molecule has 0 radical (unpaired) electrons. The molecular formula is C10H13Cl3O2Si2.